The van der Waals surface area contributed by atoms with E-state index in [0.717, 1.165) is 17.6 Å². The lowest BCUT2D eigenvalue weighted by Crippen LogP contribution is -2.33. The van der Waals surface area contributed by atoms with Gasteiger partial charge in [0.15, 0.2) is 0 Å². The fourth-order valence-electron chi connectivity index (χ4n) is 3.23. The maximum absolute atomic E-state index is 12.4. The van der Waals surface area contributed by atoms with Gasteiger partial charge in [-0.15, -0.1) is 0 Å². The molecule has 1 saturated carbocycles. The number of nitrogens with zero attached hydrogens (tertiary/aromatic N) is 1. The molecule has 1 fully saturated rings. The van der Waals surface area contributed by atoms with Crippen LogP contribution < -0.4 is 5.46 Å². The molecule has 106 valence electrons. The van der Waals surface area contributed by atoms with Crippen LogP contribution in [0.4, 0.5) is 0 Å². The first-order chi connectivity index (χ1) is 9.65. The number of hydrogen-bond donors (Lipinski definition) is 1. The molecule has 4 nitrogen and oxygen atoms in total. The minimum absolute atomic E-state index is 0.0267. The number of benzene rings is 1. The highest BCUT2D eigenvalue weighted by atomic mass is 16.5. The van der Waals surface area contributed by atoms with Crippen molar-refractivity contribution in [1.29, 1.82) is 0 Å². The predicted octanol–water partition coefficient (Wildman–Crippen LogP) is 1.17. The van der Waals surface area contributed by atoms with Crippen molar-refractivity contribution < 1.29 is 14.5 Å². The highest BCUT2D eigenvalue weighted by Crippen LogP contribution is 2.25. The number of rotatable bonds is 3. The van der Waals surface area contributed by atoms with E-state index in [1.165, 1.54) is 25.7 Å². The minimum atomic E-state index is -0.891. The van der Waals surface area contributed by atoms with Crippen LogP contribution in [0.1, 0.15) is 41.6 Å². The lowest BCUT2D eigenvalue weighted by atomic mass is 9.78. The van der Waals surface area contributed by atoms with Crippen LogP contribution in [-0.4, -0.2) is 36.5 Å². The summed E-state index contributed by atoms with van der Waals surface area (Å²) in [5.41, 5.74) is 2.33. The van der Waals surface area contributed by atoms with Crippen LogP contribution in [0.5, 0.6) is 0 Å². The summed E-state index contributed by atoms with van der Waals surface area (Å²) in [6.07, 6.45) is 5.03. The Kier molecular flexibility index (Phi) is 3.81. The number of amides is 1. The van der Waals surface area contributed by atoms with Crippen LogP contribution in [0, 0.1) is 5.92 Å². The lowest BCUT2D eigenvalue weighted by molar-refractivity contribution is 0.0773. The third kappa shape index (κ3) is 2.60. The maximum Gasteiger partial charge on any atom is 0.491 e. The van der Waals surface area contributed by atoms with Gasteiger partial charge < -0.3 is 14.6 Å². The average molecular weight is 273 g/mol. The molecule has 20 heavy (non-hydrogen) atoms. The molecule has 0 aromatic heterocycles. The van der Waals surface area contributed by atoms with E-state index in [-0.39, 0.29) is 5.91 Å². The van der Waals surface area contributed by atoms with Crippen LogP contribution in [-0.2, 0) is 11.3 Å². The Labute approximate surface area is 119 Å². The average Bonchev–Trinajstić information content (AvgIpc) is 3.08. The molecule has 3 rings (SSSR count). The van der Waals surface area contributed by atoms with E-state index in [2.05, 4.69) is 0 Å². The van der Waals surface area contributed by atoms with Gasteiger partial charge in [0.2, 0.25) is 0 Å². The third-order valence-electron chi connectivity index (χ3n) is 4.41. The number of hydrogen-bond acceptors (Lipinski definition) is 3. The Balaban J connectivity index is 1.71. The Hall–Kier alpha value is -1.33. The molecule has 1 amide bonds. The number of fused-ring (bicyclic) bond motifs is 1. The van der Waals surface area contributed by atoms with Crippen molar-refractivity contribution >= 4 is 18.5 Å². The molecule has 1 aliphatic carbocycles. The molecule has 1 heterocycles. The summed E-state index contributed by atoms with van der Waals surface area (Å²) in [7, 11) is 0.971. The lowest BCUT2D eigenvalue weighted by Gasteiger charge is -2.21. The van der Waals surface area contributed by atoms with Crippen molar-refractivity contribution in [3.8, 4) is 0 Å². The molecule has 2 aliphatic rings. The summed E-state index contributed by atoms with van der Waals surface area (Å²) in [5.74, 6) is 0.672. The van der Waals surface area contributed by atoms with Gasteiger partial charge in [-0.3, -0.25) is 4.79 Å². The van der Waals surface area contributed by atoms with Gasteiger partial charge in [-0.05, 0) is 41.9 Å². The molecule has 0 unspecified atom stereocenters. The summed E-state index contributed by atoms with van der Waals surface area (Å²) in [4.78, 5) is 14.2. The second kappa shape index (κ2) is 5.58. The zero-order valence-corrected chi connectivity index (χ0v) is 11.8. The van der Waals surface area contributed by atoms with Crippen LogP contribution in [0.3, 0.4) is 0 Å². The van der Waals surface area contributed by atoms with Gasteiger partial charge in [-0.1, -0.05) is 18.9 Å². The topological polar surface area (TPSA) is 49.8 Å². The highest BCUT2D eigenvalue weighted by molar-refractivity contribution is 6.61. The molecule has 0 spiro atoms. The summed E-state index contributed by atoms with van der Waals surface area (Å²) in [6.45, 7) is 1.25. The van der Waals surface area contributed by atoms with Gasteiger partial charge in [0.25, 0.3) is 5.91 Å². The first kappa shape index (κ1) is 13.6. The second-order valence-corrected chi connectivity index (χ2v) is 5.91. The van der Waals surface area contributed by atoms with Crippen molar-refractivity contribution in [3.63, 3.8) is 0 Å². The third-order valence-corrected chi connectivity index (χ3v) is 4.41. The molecular formula is C15H20BNO3. The maximum atomic E-state index is 12.4. The van der Waals surface area contributed by atoms with E-state index in [1.54, 1.807) is 11.0 Å². The molecule has 1 aliphatic heterocycles. The molecule has 0 radical (unpaired) electrons. The van der Waals surface area contributed by atoms with Gasteiger partial charge in [0.05, 0.1) is 6.61 Å². The molecule has 1 aromatic rings. The normalized spacial score (nSPS) is 18.4. The van der Waals surface area contributed by atoms with Gasteiger partial charge in [-0.25, -0.2) is 0 Å². The first-order valence-electron chi connectivity index (χ1n) is 7.33. The minimum Gasteiger partial charge on any atom is -0.423 e. The molecular weight excluding hydrogens is 253 g/mol. The molecule has 0 atom stereocenters. The van der Waals surface area contributed by atoms with E-state index in [9.17, 15) is 9.82 Å². The second-order valence-electron chi connectivity index (χ2n) is 5.91. The molecule has 0 bridgehead atoms. The zero-order chi connectivity index (χ0) is 14.1. The molecule has 0 saturated heterocycles. The molecule has 5 heteroatoms. The molecule has 1 N–H and O–H groups in total. The summed E-state index contributed by atoms with van der Waals surface area (Å²) < 4.78 is 5.16. The quantitative estimate of drug-likeness (QED) is 0.841. The largest absolute Gasteiger partial charge is 0.491 e. The van der Waals surface area contributed by atoms with Gasteiger partial charge in [-0.2, -0.15) is 0 Å². The first-order valence-corrected chi connectivity index (χ1v) is 7.33. The fourth-order valence-corrected chi connectivity index (χ4v) is 3.23. The van der Waals surface area contributed by atoms with E-state index in [4.69, 9.17) is 4.65 Å². The highest BCUT2D eigenvalue weighted by Gasteiger charge is 2.28. The molecule has 1 aromatic carbocycles. The Morgan fingerprint density at radius 2 is 2.20 bits per heavy atom. The van der Waals surface area contributed by atoms with Crippen molar-refractivity contribution in [1.82, 2.24) is 4.90 Å². The van der Waals surface area contributed by atoms with E-state index < -0.39 is 7.12 Å². The van der Waals surface area contributed by atoms with Crippen molar-refractivity contribution in [2.75, 3.05) is 13.6 Å². The number of carbonyl (C=O) groups excluding carboxylic acids is 1. The van der Waals surface area contributed by atoms with Crippen LogP contribution in [0.15, 0.2) is 18.2 Å². The van der Waals surface area contributed by atoms with Crippen molar-refractivity contribution in [3.05, 3.63) is 29.3 Å². The fraction of sp³-hybridized carbons (Fsp3) is 0.533. The smallest absolute Gasteiger partial charge is 0.423 e. The van der Waals surface area contributed by atoms with Crippen LogP contribution >= 0.6 is 0 Å². The van der Waals surface area contributed by atoms with Crippen LogP contribution in [0.2, 0.25) is 0 Å². The van der Waals surface area contributed by atoms with E-state index in [0.29, 0.717) is 18.1 Å². The monoisotopic (exact) mass is 273 g/mol. The van der Waals surface area contributed by atoms with Crippen LogP contribution in [0.25, 0.3) is 0 Å². The number of carbonyl (C=O) groups is 1. The predicted molar refractivity (Wildman–Crippen MR) is 77.8 cm³/mol. The SMILES string of the molecule is CN(CC1CCCC1)C(=O)c1ccc2c(c1)B(O)OC2. The van der Waals surface area contributed by atoms with Gasteiger partial charge >= 0.3 is 7.12 Å². The van der Waals surface area contributed by atoms with E-state index >= 15 is 0 Å². The zero-order valence-electron chi connectivity index (χ0n) is 11.8. The Morgan fingerprint density at radius 1 is 1.45 bits per heavy atom. The Bertz CT molecular complexity index is 514. The van der Waals surface area contributed by atoms with Gasteiger partial charge in [0.1, 0.15) is 0 Å². The standard InChI is InChI=1S/C15H20BNO3/c1-17(9-11-4-2-3-5-11)15(18)12-6-7-13-10-20-16(19)14(13)8-12/h6-8,11,19H,2-5,9-10H2,1H3. The Morgan fingerprint density at radius 3 is 2.95 bits per heavy atom. The summed E-state index contributed by atoms with van der Waals surface area (Å²) in [5, 5.41) is 9.71. The van der Waals surface area contributed by atoms with E-state index in [1.807, 2.05) is 19.2 Å². The summed E-state index contributed by atoms with van der Waals surface area (Å²) >= 11 is 0. The van der Waals surface area contributed by atoms with Gasteiger partial charge in [0, 0.05) is 19.2 Å². The summed E-state index contributed by atoms with van der Waals surface area (Å²) in [6, 6.07) is 5.47. The van der Waals surface area contributed by atoms with Crippen molar-refractivity contribution in [2.45, 2.75) is 32.3 Å². The van der Waals surface area contributed by atoms with Crippen molar-refractivity contribution in [2.24, 2.45) is 5.92 Å².